The average Bonchev–Trinajstić information content (AvgIpc) is 2.17. The number of β-amino-alcohol motifs (C(OH)–C–C–N with tert-alkyl or cyclic N) is 1. The zero-order valence-corrected chi connectivity index (χ0v) is 9.74. The van der Waals surface area contributed by atoms with Gasteiger partial charge in [-0.25, -0.2) is 0 Å². The molecule has 1 aliphatic rings. The monoisotopic (exact) mass is 231 g/mol. The molecule has 0 aromatic rings. The molecule has 0 aromatic heterocycles. The molecule has 1 aliphatic carbocycles. The van der Waals surface area contributed by atoms with Gasteiger partial charge in [-0.1, -0.05) is 0 Å². The average molecular weight is 231 g/mol. The Morgan fingerprint density at radius 3 is 2.69 bits per heavy atom. The Balaban J connectivity index is 2.19. The Morgan fingerprint density at radius 1 is 1.56 bits per heavy atom. The number of hydrogen-bond acceptors (Lipinski definition) is 5. The van der Waals surface area contributed by atoms with Crippen molar-refractivity contribution in [2.45, 2.75) is 44.2 Å². The number of aliphatic hydroxyl groups excluding tert-OH is 2. The Kier molecular flexibility index (Phi) is 5.18. The molecule has 0 saturated heterocycles. The van der Waals surface area contributed by atoms with Crippen LogP contribution in [0.2, 0.25) is 0 Å². The number of rotatable bonds is 7. The summed E-state index contributed by atoms with van der Waals surface area (Å²) >= 11 is 0. The van der Waals surface area contributed by atoms with Crippen LogP contribution in [0.25, 0.3) is 0 Å². The number of nitrogens with one attached hydrogen (secondary N) is 1. The van der Waals surface area contributed by atoms with Crippen molar-refractivity contribution in [2.24, 2.45) is 0 Å². The summed E-state index contributed by atoms with van der Waals surface area (Å²) in [6.07, 6.45) is 2.21. The summed E-state index contributed by atoms with van der Waals surface area (Å²) in [5.41, 5.74) is -0.227. The fourth-order valence-corrected chi connectivity index (χ4v) is 1.81. The van der Waals surface area contributed by atoms with Gasteiger partial charge in [0.1, 0.15) is 0 Å². The number of aliphatic hydroxyl groups is 2. The standard InChI is InChI=1S/C11H21NO4/c1-2-16-10(15)6-9(14)7-12-11(8-13)4-3-5-11/h9,12-14H,2-8H2,1H3. The summed E-state index contributed by atoms with van der Waals surface area (Å²) in [4.78, 5) is 11.1. The van der Waals surface area contributed by atoms with E-state index in [2.05, 4.69) is 5.32 Å². The van der Waals surface area contributed by atoms with Crippen LogP contribution in [0.3, 0.4) is 0 Å². The molecule has 5 nitrogen and oxygen atoms in total. The fraction of sp³-hybridized carbons (Fsp3) is 0.909. The van der Waals surface area contributed by atoms with E-state index >= 15 is 0 Å². The predicted octanol–water partition coefficient (Wildman–Crippen LogP) is -0.195. The van der Waals surface area contributed by atoms with Crippen LogP contribution in [0.1, 0.15) is 32.6 Å². The Labute approximate surface area is 95.8 Å². The summed E-state index contributed by atoms with van der Waals surface area (Å²) in [6, 6.07) is 0. The van der Waals surface area contributed by atoms with E-state index in [4.69, 9.17) is 4.74 Å². The summed E-state index contributed by atoms with van der Waals surface area (Å²) in [5, 5.41) is 21.9. The van der Waals surface area contributed by atoms with E-state index in [0.717, 1.165) is 19.3 Å². The molecule has 1 atom stereocenters. The van der Waals surface area contributed by atoms with Crippen LogP contribution in [-0.4, -0.2) is 47.6 Å². The minimum absolute atomic E-state index is 0.00233. The molecule has 94 valence electrons. The SMILES string of the molecule is CCOC(=O)CC(O)CNC1(CO)CCC1. The molecule has 16 heavy (non-hydrogen) atoms. The first-order valence-electron chi connectivity index (χ1n) is 5.81. The van der Waals surface area contributed by atoms with Crippen molar-refractivity contribution in [3.05, 3.63) is 0 Å². The van der Waals surface area contributed by atoms with Crippen LogP contribution < -0.4 is 5.32 Å². The molecule has 0 aromatic carbocycles. The van der Waals surface area contributed by atoms with Gasteiger partial charge in [0.05, 0.1) is 25.7 Å². The van der Waals surface area contributed by atoms with Gasteiger partial charge in [0.25, 0.3) is 0 Å². The Hall–Kier alpha value is -0.650. The first-order chi connectivity index (χ1) is 7.62. The van der Waals surface area contributed by atoms with Gasteiger partial charge >= 0.3 is 5.97 Å². The third-order valence-electron chi connectivity index (χ3n) is 3.03. The summed E-state index contributed by atoms with van der Waals surface area (Å²) in [5.74, 6) is -0.386. The third-order valence-corrected chi connectivity index (χ3v) is 3.03. The maximum Gasteiger partial charge on any atom is 0.308 e. The van der Waals surface area contributed by atoms with E-state index in [0.29, 0.717) is 13.2 Å². The molecule has 5 heteroatoms. The summed E-state index contributed by atoms with van der Waals surface area (Å²) < 4.78 is 4.74. The topological polar surface area (TPSA) is 78.8 Å². The second-order valence-electron chi connectivity index (χ2n) is 4.34. The number of carbonyl (C=O) groups is 1. The first-order valence-corrected chi connectivity index (χ1v) is 5.81. The summed E-state index contributed by atoms with van der Waals surface area (Å²) in [7, 11) is 0. The van der Waals surface area contributed by atoms with Crippen molar-refractivity contribution in [2.75, 3.05) is 19.8 Å². The van der Waals surface area contributed by atoms with Crippen LogP contribution in [-0.2, 0) is 9.53 Å². The van der Waals surface area contributed by atoms with Gasteiger partial charge in [-0.2, -0.15) is 0 Å². The molecule has 0 spiro atoms. The van der Waals surface area contributed by atoms with E-state index in [1.165, 1.54) is 0 Å². The minimum Gasteiger partial charge on any atom is -0.466 e. The minimum atomic E-state index is -0.747. The first kappa shape index (κ1) is 13.4. The molecular formula is C11H21NO4. The number of hydrogen-bond donors (Lipinski definition) is 3. The molecule has 0 radical (unpaired) electrons. The van der Waals surface area contributed by atoms with E-state index in [9.17, 15) is 15.0 Å². The highest BCUT2D eigenvalue weighted by atomic mass is 16.5. The molecule has 0 heterocycles. The molecule has 1 unspecified atom stereocenters. The van der Waals surface area contributed by atoms with Gasteiger partial charge < -0.3 is 20.3 Å². The number of ether oxygens (including phenoxy) is 1. The molecule has 3 N–H and O–H groups in total. The second-order valence-corrected chi connectivity index (χ2v) is 4.34. The van der Waals surface area contributed by atoms with Gasteiger partial charge in [0.15, 0.2) is 0 Å². The van der Waals surface area contributed by atoms with Crippen LogP contribution in [0, 0.1) is 0 Å². The highest BCUT2D eigenvalue weighted by molar-refractivity contribution is 5.69. The van der Waals surface area contributed by atoms with Gasteiger partial charge in [0, 0.05) is 12.1 Å². The molecule has 0 amide bonds. The second kappa shape index (κ2) is 6.18. The van der Waals surface area contributed by atoms with Crippen LogP contribution in [0.15, 0.2) is 0 Å². The van der Waals surface area contributed by atoms with E-state index in [-0.39, 0.29) is 24.5 Å². The third kappa shape index (κ3) is 3.73. The highest BCUT2D eigenvalue weighted by Crippen LogP contribution is 2.30. The van der Waals surface area contributed by atoms with Crippen LogP contribution in [0.5, 0.6) is 0 Å². The van der Waals surface area contributed by atoms with Crippen LogP contribution in [0.4, 0.5) is 0 Å². The molecule has 1 saturated carbocycles. The van der Waals surface area contributed by atoms with E-state index in [1.807, 2.05) is 0 Å². The van der Waals surface area contributed by atoms with Crippen molar-refractivity contribution in [3.8, 4) is 0 Å². The van der Waals surface area contributed by atoms with Gasteiger partial charge in [-0.05, 0) is 26.2 Å². The van der Waals surface area contributed by atoms with Crippen LogP contribution >= 0.6 is 0 Å². The highest BCUT2D eigenvalue weighted by Gasteiger charge is 2.36. The predicted molar refractivity (Wildman–Crippen MR) is 58.9 cm³/mol. The van der Waals surface area contributed by atoms with E-state index < -0.39 is 6.10 Å². The largest absolute Gasteiger partial charge is 0.466 e. The zero-order valence-electron chi connectivity index (χ0n) is 9.74. The normalized spacial score (nSPS) is 19.9. The molecule has 0 aliphatic heterocycles. The van der Waals surface area contributed by atoms with Crippen molar-refractivity contribution in [1.82, 2.24) is 5.32 Å². The zero-order chi connectivity index (χ0) is 12.0. The lowest BCUT2D eigenvalue weighted by Gasteiger charge is -2.41. The van der Waals surface area contributed by atoms with Gasteiger partial charge in [-0.15, -0.1) is 0 Å². The fourth-order valence-electron chi connectivity index (χ4n) is 1.81. The van der Waals surface area contributed by atoms with Gasteiger partial charge in [0.2, 0.25) is 0 Å². The van der Waals surface area contributed by atoms with Gasteiger partial charge in [-0.3, -0.25) is 4.79 Å². The molecular weight excluding hydrogens is 210 g/mol. The van der Waals surface area contributed by atoms with E-state index in [1.54, 1.807) is 6.92 Å². The lowest BCUT2D eigenvalue weighted by atomic mass is 9.77. The maximum absolute atomic E-state index is 11.1. The Morgan fingerprint density at radius 2 is 2.25 bits per heavy atom. The van der Waals surface area contributed by atoms with Crippen molar-refractivity contribution < 1.29 is 19.7 Å². The van der Waals surface area contributed by atoms with Crippen molar-refractivity contribution in [1.29, 1.82) is 0 Å². The quantitative estimate of drug-likeness (QED) is 0.529. The van der Waals surface area contributed by atoms with Crippen molar-refractivity contribution >= 4 is 5.97 Å². The Bertz CT molecular complexity index is 223. The lowest BCUT2D eigenvalue weighted by Crippen LogP contribution is -2.55. The number of esters is 1. The number of carbonyl (C=O) groups excluding carboxylic acids is 1. The molecule has 1 fully saturated rings. The maximum atomic E-state index is 11.1. The van der Waals surface area contributed by atoms with Crippen molar-refractivity contribution in [3.63, 3.8) is 0 Å². The molecule has 0 bridgehead atoms. The smallest absolute Gasteiger partial charge is 0.308 e. The lowest BCUT2D eigenvalue weighted by molar-refractivity contribution is -0.145. The molecule has 1 rings (SSSR count). The summed E-state index contributed by atoms with van der Waals surface area (Å²) in [6.45, 7) is 2.47.